The molecule has 1 amide bonds. The molecule has 2 heterocycles. The lowest BCUT2D eigenvalue weighted by Gasteiger charge is -2.22. The molecule has 0 saturated carbocycles. The summed E-state index contributed by atoms with van der Waals surface area (Å²) in [6.07, 6.45) is 1.85. The molecular weight excluding hydrogens is 353 g/mol. The van der Waals surface area contributed by atoms with E-state index >= 15 is 0 Å². The third kappa shape index (κ3) is 4.21. The molecule has 1 aromatic carbocycles. The van der Waals surface area contributed by atoms with Crippen molar-refractivity contribution < 1.29 is 23.2 Å². The molecular formula is C19H24FN3O4. The van der Waals surface area contributed by atoms with Gasteiger partial charge in [-0.1, -0.05) is 5.16 Å². The lowest BCUT2D eigenvalue weighted by molar-refractivity contribution is 0.0643. The van der Waals surface area contributed by atoms with Gasteiger partial charge < -0.3 is 24.2 Å². The second-order valence-corrected chi connectivity index (χ2v) is 6.72. The van der Waals surface area contributed by atoms with Gasteiger partial charge in [-0.15, -0.1) is 0 Å². The smallest absolute Gasteiger partial charge is 0.259 e. The minimum atomic E-state index is -0.487. The first-order chi connectivity index (χ1) is 13.0. The molecule has 1 aromatic heterocycles. The SMILES string of the molecule is COc1cc(-c2onc(N(C)C)c2C(=O)NCC2CCOCC2)ccc1F. The van der Waals surface area contributed by atoms with E-state index in [9.17, 15) is 9.18 Å². The first kappa shape index (κ1) is 19.2. The van der Waals surface area contributed by atoms with Crippen LogP contribution in [0, 0.1) is 11.7 Å². The largest absolute Gasteiger partial charge is 0.494 e. The topological polar surface area (TPSA) is 76.8 Å². The summed E-state index contributed by atoms with van der Waals surface area (Å²) in [5, 5.41) is 7.00. The van der Waals surface area contributed by atoms with Crippen molar-refractivity contribution in [1.29, 1.82) is 0 Å². The van der Waals surface area contributed by atoms with Crippen LogP contribution in [0.2, 0.25) is 0 Å². The zero-order valence-electron chi connectivity index (χ0n) is 15.8. The molecule has 1 fully saturated rings. The number of halogens is 1. The molecule has 1 aliphatic heterocycles. The predicted molar refractivity (Wildman–Crippen MR) is 98.7 cm³/mol. The van der Waals surface area contributed by atoms with E-state index in [0.29, 0.717) is 29.4 Å². The Morgan fingerprint density at radius 2 is 2.11 bits per heavy atom. The highest BCUT2D eigenvalue weighted by Crippen LogP contribution is 2.33. The summed E-state index contributed by atoms with van der Waals surface area (Å²) in [5.41, 5.74) is 0.839. The van der Waals surface area contributed by atoms with Gasteiger partial charge in [-0.25, -0.2) is 4.39 Å². The molecule has 0 atom stereocenters. The van der Waals surface area contributed by atoms with Crippen molar-refractivity contribution in [2.75, 3.05) is 45.9 Å². The number of methoxy groups -OCH3 is 1. The number of amides is 1. The van der Waals surface area contributed by atoms with E-state index in [1.807, 2.05) is 0 Å². The standard InChI is InChI=1S/C19H24FN3O4/c1-23(2)18-16(19(24)21-11-12-6-8-26-9-7-12)17(27-22-18)13-4-5-14(20)15(10-13)25-3/h4-5,10,12H,6-9,11H2,1-3H3,(H,21,24). The monoisotopic (exact) mass is 377 g/mol. The lowest BCUT2D eigenvalue weighted by Crippen LogP contribution is -2.33. The number of nitrogens with zero attached hydrogens (tertiary/aromatic N) is 2. The van der Waals surface area contributed by atoms with Crippen molar-refractivity contribution in [3.63, 3.8) is 0 Å². The summed E-state index contributed by atoms with van der Waals surface area (Å²) in [4.78, 5) is 14.6. The first-order valence-electron chi connectivity index (χ1n) is 8.88. The number of rotatable bonds is 6. The minimum Gasteiger partial charge on any atom is -0.494 e. The first-order valence-corrected chi connectivity index (χ1v) is 8.88. The van der Waals surface area contributed by atoms with E-state index < -0.39 is 5.82 Å². The van der Waals surface area contributed by atoms with E-state index in [4.69, 9.17) is 14.0 Å². The van der Waals surface area contributed by atoms with Crippen LogP contribution in [0.25, 0.3) is 11.3 Å². The van der Waals surface area contributed by atoms with Gasteiger partial charge in [0.2, 0.25) is 0 Å². The van der Waals surface area contributed by atoms with Gasteiger partial charge in [-0.05, 0) is 37.0 Å². The van der Waals surface area contributed by atoms with Crippen molar-refractivity contribution in [1.82, 2.24) is 10.5 Å². The zero-order chi connectivity index (χ0) is 19.4. The Morgan fingerprint density at radius 1 is 1.37 bits per heavy atom. The predicted octanol–water partition coefficient (Wildman–Crippen LogP) is 2.71. The summed E-state index contributed by atoms with van der Waals surface area (Å²) < 4.78 is 29.6. The highest BCUT2D eigenvalue weighted by Gasteiger charge is 2.27. The van der Waals surface area contributed by atoms with E-state index in [0.717, 1.165) is 26.1 Å². The van der Waals surface area contributed by atoms with E-state index in [2.05, 4.69) is 10.5 Å². The maximum absolute atomic E-state index is 13.7. The van der Waals surface area contributed by atoms with Gasteiger partial charge in [0.1, 0.15) is 5.56 Å². The average molecular weight is 377 g/mol. The molecule has 0 bridgehead atoms. The van der Waals surface area contributed by atoms with Crippen molar-refractivity contribution in [2.24, 2.45) is 5.92 Å². The summed E-state index contributed by atoms with van der Waals surface area (Å²) in [6.45, 7) is 2.00. The number of ether oxygens (including phenoxy) is 2. The number of carbonyl (C=O) groups excluding carboxylic acids is 1. The molecule has 2 aromatic rings. The van der Waals surface area contributed by atoms with Crippen LogP contribution < -0.4 is 15.0 Å². The fourth-order valence-electron chi connectivity index (χ4n) is 3.07. The van der Waals surface area contributed by atoms with Crippen LogP contribution >= 0.6 is 0 Å². The van der Waals surface area contributed by atoms with Crippen LogP contribution in [0.5, 0.6) is 5.75 Å². The third-order valence-electron chi connectivity index (χ3n) is 4.63. The molecule has 1 N–H and O–H groups in total. The molecule has 146 valence electrons. The summed E-state index contributed by atoms with van der Waals surface area (Å²) in [5.74, 6) is 0.395. The van der Waals surface area contributed by atoms with Crippen LogP contribution in [-0.4, -0.2) is 52.0 Å². The van der Waals surface area contributed by atoms with Gasteiger partial charge in [0, 0.05) is 39.4 Å². The number of aromatic nitrogens is 1. The molecule has 7 nitrogen and oxygen atoms in total. The van der Waals surface area contributed by atoms with Gasteiger partial charge >= 0.3 is 0 Å². The molecule has 1 saturated heterocycles. The molecule has 0 spiro atoms. The van der Waals surface area contributed by atoms with Gasteiger partial charge in [0.15, 0.2) is 23.1 Å². The van der Waals surface area contributed by atoms with Gasteiger partial charge in [0.25, 0.3) is 5.91 Å². The second kappa shape index (κ2) is 8.39. The number of nitrogens with one attached hydrogen (secondary N) is 1. The molecule has 27 heavy (non-hydrogen) atoms. The maximum Gasteiger partial charge on any atom is 0.259 e. The number of anilines is 1. The van der Waals surface area contributed by atoms with Crippen molar-refractivity contribution in [2.45, 2.75) is 12.8 Å². The zero-order valence-corrected chi connectivity index (χ0v) is 15.8. The van der Waals surface area contributed by atoms with Gasteiger partial charge in [-0.3, -0.25) is 4.79 Å². The van der Waals surface area contributed by atoms with Crippen LogP contribution in [0.15, 0.2) is 22.7 Å². The van der Waals surface area contributed by atoms with Crippen molar-refractivity contribution in [3.05, 3.63) is 29.6 Å². The number of benzene rings is 1. The quantitative estimate of drug-likeness (QED) is 0.834. The van der Waals surface area contributed by atoms with E-state index in [1.54, 1.807) is 19.0 Å². The molecule has 8 heteroatoms. The Kier molecular flexibility index (Phi) is 5.95. The Hall–Kier alpha value is -2.61. The second-order valence-electron chi connectivity index (χ2n) is 6.72. The van der Waals surface area contributed by atoms with Crippen LogP contribution in [0.3, 0.4) is 0 Å². The van der Waals surface area contributed by atoms with Gasteiger partial charge in [0.05, 0.1) is 7.11 Å². The highest BCUT2D eigenvalue weighted by molar-refractivity contribution is 6.04. The fraction of sp³-hybridized carbons (Fsp3) is 0.474. The van der Waals surface area contributed by atoms with E-state index in [-0.39, 0.29) is 17.4 Å². The maximum atomic E-state index is 13.7. The lowest BCUT2D eigenvalue weighted by atomic mass is 10.00. The molecule has 3 rings (SSSR count). The Bertz CT molecular complexity index is 800. The van der Waals surface area contributed by atoms with Crippen molar-refractivity contribution >= 4 is 11.7 Å². The molecule has 0 unspecified atom stereocenters. The van der Waals surface area contributed by atoms with Gasteiger partial charge in [-0.2, -0.15) is 0 Å². The Balaban J connectivity index is 1.88. The van der Waals surface area contributed by atoms with E-state index in [1.165, 1.54) is 25.3 Å². The number of hydrogen-bond acceptors (Lipinski definition) is 6. The summed E-state index contributed by atoms with van der Waals surface area (Å²) >= 11 is 0. The normalized spacial score (nSPS) is 14.8. The van der Waals surface area contributed by atoms with Crippen LogP contribution in [0.1, 0.15) is 23.2 Å². The van der Waals surface area contributed by atoms with Crippen LogP contribution in [-0.2, 0) is 4.74 Å². The van der Waals surface area contributed by atoms with Crippen molar-refractivity contribution in [3.8, 4) is 17.1 Å². The third-order valence-corrected chi connectivity index (χ3v) is 4.63. The highest BCUT2D eigenvalue weighted by atomic mass is 19.1. The Labute approximate surface area is 157 Å². The summed E-state index contributed by atoms with van der Waals surface area (Å²) in [7, 11) is 4.94. The average Bonchev–Trinajstić information content (AvgIpc) is 3.13. The number of hydrogen-bond donors (Lipinski definition) is 1. The molecule has 1 aliphatic rings. The fourth-order valence-corrected chi connectivity index (χ4v) is 3.07. The number of carbonyl (C=O) groups is 1. The minimum absolute atomic E-state index is 0.0730. The molecule has 0 aliphatic carbocycles. The summed E-state index contributed by atoms with van der Waals surface area (Å²) in [6, 6.07) is 4.30. The molecule has 0 radical (unpaired) electrons. The Morgan fingerprint density at radius 3 is 2.78 bits per heavy atom. The van der Waals surface area contributed by atoms with Crippen LogP contribution in [0.4, 0.5) is 10.2 Å².